The van der Waals surface area contributed by atoms with Gasteiger partial charge in [-0.3, -0.25) is 4.79 Å². The van der Waals surface area contributed by atoms with Crippen molar-refractivity contribution in [3.05, 3.63) is 52.4 Å². The molecule has 190 valence electrons. The lowest BCUT2D eigenvalue weighted by molar-refractivity contribution is -0.136. The molecule has 0 radical (unpaired) electrons. The summed E-state index contributed by atoms with van der Waals surface area (Å²) < 4.78 is 27.9. The summed E-state index contributed by atoms with van der Waals surface area (Å²) in [6.45, 7) is 9.47. The maximum absolute atomic E-state index is 13.4. The SMILES string of the molecule is Cc1oc2cc(OC(=O)[C@H](C)NC(=O)OC(C)(C)C)ccc2c(=O)c1-c1ccc2c(c1)OCCCO2. The van der Waals surface area contributed by atoms with Gasteiger partial charge in [0, 0.05) is 12.5 Å². The monoisotopic (exact) mass is 495 g/mol. The highest BCUT2D eigenvalue weighted by Crippen LogP contribution is 2.35. The van der Waals surface area contributed by atoms with Crippen LogP contribution in [-0.2, 0) is 9.53 Å². The van der Waals surface area contributed by atoms with Crippen LogP contribution in [0.25, 0.3) is 22.1 Å². The summed E-state index contributed by atoms with van der Waals surface area (Å²) in [4.78, 5) is 37.7. The molecule has 1 aliphatic heterocycles. The fraction of sp³-hybridized carbons (Fsp3) is 0.370. The van der Waals surface area contributed by atoms with E-state index in [0.29, 0.717) is 47.0 Å². The van der Waals surface area contributed by atoms with E-state index < -0.39 is 23.7 Å². The Morgan fingerprint density at radius 3 is 2.47 bits per heavy atom. The normalized spacial score (nSPS) is 14.0. The largest absolute Gasteiger partial charge is 0.490 e. The van der Waals surface area contributed by atoms with Crippen LogP contribution in [0.15, 0.2) is 45.6 Å². The number of carbonyl (C=O) groups is 2. The van der Waals surface area contributed by atoms with Crippen molar-refractivity contribution in [2.75, 3.05) is 13.2 Å². The fourth-order valence-electron chi connectivity index (χ4n) is 3.75. The summed E-state index contributed by atoms with van der Waals surface area (Å²) in [5.74, 6) is 1.12. The van der Waals surface area contributed by atoms with Gasteiger partial charge in [-0.25, -0.2) is 9.59 Å². The lowest BCUT2D eigenvalue weighted by Crippen LogP contribution is -2.43. The van der Waals surface area contributed by atoms with Crippen molar-refractivity contribution in [3.63, 3.8) is 0 Å². The number of hydrogen-bond donors (Lipinski definition) is 1. The van der Waals surface area contributed by atoms with Gasteiger partial charge < -0.3 is 28.7 Å². The van der Waals surface area contributed by atoms with Crippen molar-refractivity contribution in [1.29, 1.82) is 0 Å². The van der Waals surface area contributed by atoms with Gasteiger partial charge in [-0.2, -0.15) is 0 Å². The number of hydrogen-bond acceptors (Lipinski definition) is 8. The van der Waals surface area contributed by atoms with Gasteiger partial charge in [0.25, 0.3) is 0 Å². The van der Waals surface area contributed by atoms with E-state index in [9.17, 15) is 14.4 Å². The van der Waals surface area contributed by atoms with Gasteiger partial charge in [-0.1, -0.05) is 6.07 Å². The quantitative estimate of drug-likeness (QED) is 0.408. The van der Waals surface area contributed by atoms with E-state index >= 15 is 0 Å². The second kappa shape index (κ2) is 9.93. The van der Waals surface area contributed by atoms with Gasteiger partial charge in [0.15, 0.2) is 11.5 Å². The number of alkyl carbamates (subject to hydrolysis) is 1. The van der Waals surface area contributed by atoms with Crippen LogP contribution in [-0.4, -0.2) is 36.9 Å². The summed E-state index contributed by atoms with van der Waals surface area (Å²) in [5, 5.41) is 2.77. The number of esters is 1. The van der Waals surface area contributed by atoms with E-state index in [4.69, 9.17) is 23.4 Å². The molecule has 1 amide bonds. The van der Waals surface area contributed by atoms with Crippen LogP contribution in [0, 0.1) is 6.92 Å². The molecule has 4 rings (SSSR count). The number of amides is 1. The number of nitrogens with one attached hydrogen (secondary N) is 1. The van der Waals surface area contributed by atoms with Gasteiger partial charge in [0.05, 0.1) is 24.2 Å². The fourth-order valence-corrected chi connectivity index (χ4v) is 3.75. The Balaban J connectivity index is 1.56. The van der Waals surface area contributed by atoms with Crippen molar-refractivity contribution >= 4 is 23.0 Å². The molecule has 0 bridgehead atoms. The molecule has 1 N–H and O–H groups in total. The topological polar surface area (TPSA) is 113 Å². The minimum atomic E-state index is -0.953. The Hall–Kier alpha value is -4.01. The Morgan fingerprint density at radius 1 is 1.03 bits per heavy atom. The third-order valence-corrected chi connectivity index (χ3v) is 5.38. The molecule has 0 saturated carbocycles. The first-order chi connectivity index (χ1) is 17.0. The minimum Gasteiger partial charge on any atom is -0.490 e. The summed E-state index contributed by atoms with van der Waals surface area (Å²) in [6.07, 6.45) is 0.0542. The van der Waals surface area contributed by atoms with Crippen LogP contribution in [0.2, 0.25) is 0 Å². The van der Waals surface area contributed by atoms with Crippen LogP contribution >= 0.6 is 0 Å². The molecule has 0 spiro atoms. The molecule has 1 atom stereocenters. The van der Waals surface area contributed by atoms with E-state index in [1.54, 1.807) is 52.0 Å². The molecule has 0 aliphatic carbocycles. The van der Waals surface area contributed by atoms with Crippen LogP contribution in [0.3, 0.4) is 0 Å². The molecule has 0 unspecified atom stereocenters. The van der Waals surface area contributed by atoms with Gasteiger partial charge >= 0.3 is 12.1 Å². The van der Waals surface area contributed by atoms with Crippen LogP contribution in [0.5, 0.6) is 17.2 Å². The van der Waals surface area contributed by atoms with Crippen molar-refractivity contribution < 1.29 is 33.0 Å². The first kappa shape index (κ1) is 25.1. The zero-order valence-electron chi connectivity index (χ0n) is 20.9. The van der Waals surface area contributed by atoms with Crippen LogP contribution in [0.4, 0.5) is 4.79 Å². The maximum Gasteiger partial charge on any atom is 0.408 e. The van der Waals surface area contributed by atoms with Crippen LogP contribution in [0.1, 0.15) is 39.9 Å². The van der Waals surface area contributed by atoms with Gasteiger partial charge in [-0.15, -0.1) is 0 Å². The van der Waals surface area contributed by atoms with Crippen LogP contribution < -0.4 is 25.0 Å². The zero-order chi connectivity index (χ0) is 26.0. The standard InChI is InChI=1S/C27H29NO8/c1-15(28-26(31)36-27(3,4)5)25(30)35-18-8-9-19-21(14-18)34-16(2)23(24(19)29)17-7-10-20-22(13-17)33-12-6-11-32-20/h7-10,13-15H,6,11-12H2,1-5H3,(H,28,31)/t15-/m0/s1. The first-order valence-electron chi connectivity index (χ1n) is 11.7. The molecule has 2 heterocycles. The Kier molecular flexibility index (Phi) is 6.92. The second-order valence-electron chi connectivity index (χ2n) is 9.52. The number of rotatable bonds is 4. The van der Waals surface area contributed by atoms with Crippen molar-refractivity contribution in [2.24, 2.45) is 0 Å². The van der Waals surface area contributed by atoms with Gasteiger partial charge in [0.1, 0.15) is 28.7 Å². The van der Waals surface area contributed by atoms with E-state index in [-0.39, 0.29) is 16.8 Å². The third-order valence-electron chi connectivity index (χ3n) is 5.38. The molecule has 9 nitrogen and oxygen atoms in total. The van der Waals surface area contributed by atoms with Crippen molar-refractivity contribution in [2.45, 2.75) is 52.7 Å². The number of carbonyl (C=O) groups excluding carboxylic acids is 2. The molecule has 3 aromatic rings. The van der Waals surface area contributed by atoms with E-state index in [0.717, 1.165) is 6.42 Å². The number of fused-ring (bicyclic) bond motifs is 2. The van der Waals surface area contributed by atoms with E-state index in [1.807, 2.05) is 0 Å². The average molecular weight is 496 g/mol. The highest BCUT2D eigenvalue weighted by molar-refractivity contribution is 5.86. The molecule has 36 heavy (non-hydrogen) atoms. The number of ether oxygens (including phenoxy) is 4. The smallest absolute Gasteiger partial charge is 0.408 e. The van der Waals surface area contributed by atoms with E-state index in [2.05, 4.69) is 5.32 Å². The Morgan fingerprint density at radius 2 is 1.75 bits per heavy atom. The highest BCUT2D eigenvalue weighted by atomic mass is 16.6. The Labute approximate surface area is 208 Å². The lowest BCUT2D eigenvalue weighted by Gasteiger charge is -2.21. The van der Waals surface area contributed by atoms with Gasteiger partial charge in [-0.05, 0) is 64.4 Å². The number of aryl methyl sites for hydroxylation is 1. The molecule has 1 aliphatic rings. The predicted octanol–water partition coefficient (Wildman–Crippen LogP) is 4.75. The Bertz CT molecular complexity index is 1370. The zero-order valence-corrected chi connectivity index (χ0v) is 20.9. The average Bonchev–Trinajstić information content (AvgIpc) is 3.02. The first-order valence-corrected chi connectivity index (χ1v) is 11.7. The van der Waals surface area contributed by atoms with E-state index in [1.165, 1.54) is 19.1 Å². The third kappa shape index (κ3) is 5.62. The molecule has 9 heteroatoms. The number of benzene rings is 2. The summed E-state index contributed by atoms with van der Waals surface area (Å²) in [5.41, 5.74) is 0.428. The molecule has 2 aromatic carbocycles. The summed E-state index contributed by atoms with van der Waals surface area (Å²) >= 11 is 0. The molecule has 0 saturated heterocycles. The molecule has 1 aromatic heterocycles. The second-order valence-corrected chi connectivity index (χ2v) is 9.52. The highest BCUT2D eigenvalue weighted by Gasteiger charge is 2.23. The van der Waals surface area contributed by atoms with Crippen molar-refractivity contribution in [3.8, 4) is 28.4 Å². The lowest BCUT2D eigenvalue weighted by atomic mass is 10.0. The molecule has 0 fully saturated rings. The van der Waals surface area contributed by atoms with Crippen molar-refractivity contribution in [1.82, 2.24) is 5.32 Å². The maximum atomic E-state index is 13.4. The molecular weight excluding hydrogens is 466 g/mol. The summed E-state index contributed by atoms with van der Waals surface area (Å²) in [7, 11) is 0. The summed E-state index contributed by atoms with van der Waals surface area (Å²) in [6, 6.07) is 8.93. The molecular formula is C27H29NO8. The van der Waals surface area contributed by atoms with Gasteiger partial charge in [0.2, 0.25) is 5.43 Å². The predicted molar refractivity (Wildman–Crippen MR) is 133 cm³/mol. The minimum absolute atomic E-state index is 0.177.